The van der Waals surface area contributed by atoms with Gasteiger partial charge in [-0.2, -0.15) is 0 Å². The van der Waals surface area contributed by atoms with Crippen LogP contribution in [0.15, 0.2) is 83.8 Å². The van der Waals surface area contributed by atoms with E-state index in [0.717, 1.165) is 4.31 Å². The summed E-state index contributed by atoms with van der Waals surface area (Å²) in [6.07, 6.45) is -0.394. The molecule has 4 rings (SSSR count). The molecule has 33 heavy (non-hydrogen) atoms. The third kappa shape index (κ3) is 5.04. The van der Waals surface area contributed by atoms with Gasteiger partial charge in [0.1, 0.15) is 25.0 Å². The van der Waals surface area contributed by atoms with Crippen molar-refractivity contribution in [3.05, 3.63) is 78.9 Å². The van der Waals surface area contributed by atoms with Crippen LogP contribution in [0.1, 0.15) is 0 Å². The molecule has 1 N–H and O–H groups in total. The Morgan fingerprint density at radius 1 is 1.00 bits per heavy atom. The molecule has 0 saturated heterocycles. The van der Waals surface area contributed by atoms with Gasteiger partial charge in [0.2, 0.25) is 5.91 Å². The molecular formula is C24H24N2O6S. The Kier molecular flexibility index (Phi) is 6.69. The molecule has 1 amide bonds. The number of nitrogens with one attached hydrogen (secondary N) is 1. The van der Waals surface area contributed by atoms with Crippen LogP contribution in [0.3, 0.4) is 0 Å². The standard InChI is InChI=1S/C24H24N2O6S/c1-30-21-12-6-5-11-20(21)26(33(28,29)19-9-3-2-4-10-19)16-24(27)25-15-18-17-31-22-13-7-8-14-23(22)32-18/h2-14,18H,15-17H2,1H3,(H,25,27)/t18-/m1/s1. The number of carbonyl (C=O) groups is 1. The fourth-order valence-corrected chi connectivity index (χ4v) is 4.89. The third-order valence-electron chi connectivity index (χ3n) is 5.07. The van der Waals surface area contributed by atoms with Gasteiger partial charge in [-0.25, -0.2) is 8.42 Å². The molecule has 0 fully saturated rings. The number of amides is 1. The monoisotopic (exact) mass is 468 g/mol. The number of hydrogen-bond donors (Lipinski definition) is 1. The van der Waals surface area contributed by atoms with E-state index in [1.165, 1.54) is 19.2 Å². The van der Waals surface area contributed by atoms with Gasteiger partial charge in [-0.1, -0.05) is 42.5 Å². The summed E-state index contributed by atoms with van der Waals surface area (Å²) in [6, 6.07) is 21.9. The lowest BCUT2D eigenvalue weighted by Crippen LogP contribution is -2.45. The number of anilines is 1. The van der Waals surface area contributed by atoms with Gasteiger partial charge in [-0.3, -0.25) is 9.10 Å². The molecule has 8 nitrogen and oxygen atoms in total. The zero-order valence-electron chi connectivity index (χ0n) is 18.0. The van der Waals surface area contributed by atoms with Crippen LogP contribution in [0, 0.1) is 0 Å². The number of ether oxygens (including phenoxy) is 3. The second-order valence-corrected chi connectivity index (χ2v) is 9.16. The predicted octanol–water partition coefficient (Wildman–Crippen LogP) is 2.85. The smallest absolute Gasteiger partial charge is 0.264 e. The number of nitrogens with zero attached hydrogens (tertiary/aromatic N) is 1. The molecule has 0 aromatic heterocycles. The van der Waals surface area contributed by atoms with Crippen LogP contribution in [0.5, 0.6) is 17.2 Å². The molecule has 0 unspecified atom stereocenters. The van der Waals surface area contributed by atoms with Crippen molar-refractivity contribution in [2.45, 2.75) is 11.0 Å². The Labute approximate surface area is 192 Å². The van der Waals surface area contributed by atoms with E-state index in [2.05, 4.69) is 5.32 Å². The number of sulfonamides is 1. The highest BCUT2D eigenvalue weighted by Gasteiger charge is 2.30. The van der Waals surface area contributed by atoms with Gasteiger partial charge < -0.3 is 19.5 Å². The van der Waals surface area contributed by atoms with E-state index in [4.69, 9.17) is 14.2 Å². The van der Waals surface area contributed by atoms with Gasteiger partial charge >= 0.3 is 0 Å². The van der Waals surface area contributed by atoms with Crippen LogP contribution < -0.4 is 23.8 Å². The topological polar surface area (TPSA) is 94.2 Å². The lowest BCUT2D eigenvalue weighted by molar-refractivity contribution is -0.120. The first-order chi connectivity index (χ1) is 16.0. The summed E-state index contributed by atoms with van der Waals surface area (Å²) in [5, 5.41) is 2.75. The number of rotatable bonds is 8. The molecule has 0 saturated carbocycles. The normalized spacial score (nSPS) is 14.9. The number of hydrogen-bond acceptors (Lipinski definition) is 6. The first-order valence-corrected chi connectivity index (χ1v) is 11.8. The van der Waals surface area contributed by atoms with Gasteiger partial charge in [0.05, 0.1) is 24.2 Å². The van der Waals surface area contributed by atoms with E-state index in [9.17, 15) is 13.2 Å². The van der Waals surface area contributed by atoms with E-state index < -0.39 is 28.6 Å². The summed E-state index contributed by atoms with van der Waals surface area (Å²) in [7, 11) is -2.58. The van der Waals surface area contributed by atoms with Crippen molar-refractivity contribution in [2.75, 3.05) is 31.1 Å². The van der Waals surface area contributed by atoms with Crippen LogP contribution in [-0.4, -0.2) is 47.2 Å². The third-order valence-corrected chi connectivity index (χ3v) is 6.84. The molecule has 0 aliphatic carbocycles. The van der Waals surface area contributed by atoms with Gasteiger partial charge in [0.15, 0.2) is 11.5 Å². The summed E-state index contributed by atoms with van der Waals surface area (Å²) in [4.78, 5) is 12.9. The minimum Gasteiger partial charge on any atom is -0.495 e. The summed E-state index contributed by atoms with van der Waals surface area (Å²) < 4.78 is 44.8. The number of benzene rings is 3. The fraction of sp³-hybridized carbons (Fsp3) is 0.208. The van der Waals surface area contributed by atoms with Crippen molar-refractivity contribution in [1.29, 1.82) is 0 Å². The highest BCUT2D eigenvalue weighted by atomic mass is 32.2. The van der Waals surface area contributed by atoms with Gasteiger partial charge in [0, 0.05) is 0 Å². The zero-order valence-corrected chi connectivity index (χ0v) is 18.8. The Morgan fingerprint density at radius 2 is 1.67 bits per heavy atom. The molecule has 0 spiro atoms. The molecule has 172 valence electrons. The molecule has 1 aliphatic heterocycles. The van der Waals surface area contributed by atoms with E-state index in [-0.39, 0.29) is 23.7 Å². The maximum absolute atomic E-state index is 13.4. The molecule has 0 radical (unpaired) electrons. The van der Waals surface area contributed by atoms with E-state index in [0.29, 0.717) is 17.2 Å². The van der Waals surface area contributed by atoms with Crippen molar-refractivity contribution in [3.8, 4) is 17.2 Å². The van der Waals surface area contributed by atoms with Gasteiger partial charge in [0.25, 0.3) is 10.0 Å². The van der Waals surface area contributed by atoms with Crippen LogP contribution in [-0.2, 0) is 14.8 Å². The molecule has 1 aliphatic rings. The molecular weight excluding hydrogens is 444 g/mol. The second kappa shape index (κ2) is 9.83. The van der Waals surface area contributed by atoms with E-state index >= 15 is 0 Å². The molecule has 3 aromatic rings. The molecule has 1 atom stereocenters. The minimum atomic E-state index is -4.03. The van der Waals surface area contributed by atoms with Crippen LogP contribution in [0.4, 0.5) is 5.69 Å². The van der Waals surface area contributed by atoms with Crippen LogP contribution in [0.2, 0.25) is 0 Å². The average molecular weight is 469 g/mol. The second-order valence-electron chi connectivity index (χ2n) is 7.30. The number of methoxy groups -OCH3 is 1. The summed E-state index contributed by atoms with van der Waals surface area (Å²) in [6.45, 7) is 0.00983. The number of carbonyl (C=O) groups excluding carboxylic acids is 1. The SMILES string of the molecule is COc1ccccc1N(CC(=O)NC[C@@H]1COc2ccccc2O1)S(=O)(=O)c1ccccc1. The Hall–Kier alpha value is -3.72. The largest absolute Gasteiger partial charge is 0.495 e. The average Bonchev–Trinajstić information content (AvgIpc) is 2.86. The number of para-hydroxylation sites is 4. The van der Waals surface area contributed by atoms with E-state index in [1.54, 1.807) is 48.5 Å². The molecule has 0 bridgehead atoms. The lowest BCUT2D eigenvalue weighted by Gasteiger charge is -2.28. The lowest BCUT2D eigenvalue weighted by atomic mass is 10.2. The zero-order chi connectivity index (χ0) is 23.3. The highest BCUT2D eigenvalue weighted by molar-refractivity contribution is 7.92. The summed E-state index contributed by atoms with van der Waals surface area (Å²) in [5.74, 6) is 1.11. The van der Waals surface area contributed by atoms with Gasteiger partial charge in [-0.15, -0.1) is 0 Å². The Morgan fingerprint density at radius 3 is 2.42 bits per heavy atom. The van der Waals surface area contributed by atoms with E-state index in [1.807, 2.05) is 18.2 Å². The quantitative estimate of drug-likeness (QED) is 0.546. The molecule has 1 heterocycles. The minimum absolute atomic E-state index is 0.0735. The van der Waals surface area contributed by atoms with Crippen molar-refractivity contribution >= 4 is 21.6 Å². The molecule has 3 aromatic carbocycles. The predicted molar refractivity (Wildman–Crippen MR) is 123 cm³/mol. The number of fused-ring (bicyclic) bond motifs is 1. The maximum atomic E-state index is 13.4. The van der Waals surface area contributed by atoms with Crippen molar-refractivity contribution in [2.24, 2.45) is 0 Å². The summed E-state index contributed by atoms with van der Waals surface area (Å²) >= 11 is 0. The summed E-state index contributed by atoms with van der Waals surface area (Å²) in [5.41, 5.74) is 0.269. The van der Waals surface area contributed by atoms with Crippen LogP contribution >= 0.6 is 0 Å². The van der Waals surface area contributed by atoms with Crippen molar-refractivity contribution in [1.82, 2.24) is 5.32 Å². The van der Waals surface area contributed by atoms with Gasteiger partial charge in [-0.05, 0) is 36.4 Å². The Bertz CT molecular complexity index is 1220. The van der Waals surface area contributed by atoms with Crippen molar-refractivity contribution < 1.29 is 27.4 Å². The fourth-order valence-electron chi connectivity index (χ4n) is 3.43. The first kappa shape index (κ1) is 22.5. The Balaban J connectivity index is 1.51. The van der Waals surface area contributed by atoms with Crippen molar-refractivity contribution in [3.63, 3.8) is 0 Å². The maximum Gasteiger partial charge on any atom is 0.264 e. The molecule has 9 heteroatoms. The first-order valence-electron chi connectivity index (χ1n) is 10.3. The highest BCUT2D eigenvalue weighted by Crippen LogP contribution is 2.32. The van der Waals surface area contributed by atoms with Crippen LogP contribution in [0.25, 0.3) is 0 Å².